The highest BCUT2D eigenvalue weighted by Crippen LogP contribution is 2.22. The average Bonchev–Trinajstić information content (AvgIpc) is 2.40. The summed E-state index contributed by atoms with van der Waals surface area (Å²) in [6, 6.07) is 9.12. The van der Waals surface area contributed by atoms with Crippen LogP contribution in [0.25, 0.3) is 0 Å². The molecule has 0 aromatic heterocycles. The molecule has 4 heteroatoms. The molecule has 0 bridgehead atoms. The Labute approximate surface area is 115 Å². The molecule has 2 rings (SSSR count). The molecular formula is C15H12ClFO2. The molecule has 0 aliphatic carbocycles. The summed E-state index contributed by atoms with van der Waals surface area (Å²) in [4.78, 5) is 12.3. The maximum Gasteiger partial charge on any atom is 0.196 e. The van der Waals surface area contributed by atoms with Gasteiger partial charge >= 0.3 is 0 Å². The molecule has 98 valence electrons. The second kappa shape index (κ2) is 5.41. The van der Waals surface area contributed by atoms with E-state index in [1.807, 2.05) is 0 Å². The maximum absolute atomic E-state index is 13.9. The van der Waals surface area contributed by atoms with Gasteiger partial charge in [-0.15, -0.1) is 0 Å². The summed E-state index contributed by atoms with van der Waals surface area (Å²) in [6.45, 7) is 1.78. The number of hydrogen-bond acceptors (Lipinski definition) is 2. The zero-order chi connectivity index (χ0) is 14.0. The van der Waals surface area contributed by atoms with E-state index in [-0.39, 0.29) is 11.3 Å². The van der Waals surface area contributed by atoms with Crippen molar-refractivity contribution in [2.45, 2.75) is 6.92 Å². The molecule has 0 fully saturated rings. The third kappa shape index (κ3) is 2.76. The molecule has 0 heterocycles. The lowest BCUT2D eigenvalue weighted by molar-refractivity contribution is 0.103. The number of carbonyl (C=O) groups is 1. The zero-order valence-electron chi connectivity index (χ0n) is 10.5. The Bertz CT molecular complexity index is 638. The SMILES string of the molecule is COc1ccc(C(=O)c2cc(Cl)ccc2C)c(F)c1. The number of ketones is 1. The molecule has 0 N–H and O–H groups in total. The van der Waals surface area contributed by atoms with Crippen LogP contribution in [-0.2, 0) is 0 Å². The van der Waals surface area contributed by atoms with E-state index >= 15 is 0 Å². The normalized spacial score (nSPS) is 10.3. The van der Waals surface area contributed by atoms with Crippen LogP contribution in [0.4, 0.5) is 4.39 Å². The number of halogens is 2. The highest BCUT2D eigenvalue weighted by Gasteiger charge is 2.16. The molecule has 2 aromatic rings. The van der Waals surface area contributed by atoms with Crippen LogP contribution in [-0.4, -0.2) is 12.9 Å². The van der Waals surface area contributed by atoms with Crippen LogP contribution in [0.2, 0.25) is 5.02 Å². The van der Waals surface area contributed by atoms with Crippen molar-refractivity contribution >= 4 is 17.4 Å². The molecule has 0 unspecified atom stereocenters. The Morgan fingerprint density at radius 1 is 1.16 bits per heavy atom. The number of hydrogen-bond donors (Lipinski definition) is 0. The van der Waals surface area contributed by atoms with Crippen molar-refractivity contribution < 1.29 is 13.9 Å². The van der Waals surface area contributed by atoms with Gasteiger partial charge in [-0.3, -0.25) is 4.79 Å². The van der Waals surface area contributed by atoms with Gasteiger partial charge in [0.05, 0.1) is 12.7 Å². The number of rotatable bonds is 3. The van der Waals surface area contributed by atoms with Gasteiger partial charge < -0.3 is 4.74 Å². The predicted octanol–water partition coefficient (Wildman–Crippen LogP) is 4.03. The highest BCUT2D eigenvalue weighted by molar-refractivity contribution is 6.31. The van der Waals surface area contributed by atoms with Gasteiger partial charge in [-0.25, -0.2) is 4.39 Å². The fourth-order valence-electron chi connectivity index (χ4n) is 1.79. The van der Waals surface area contributed by atoms with E-state index in [1.165, 1.54) is 19.2 Å². The van der Waals surface area contributed by atoms with Crippen LogP contribution in [0, 0.1) is 12.7 Å². The first kappa shape index (κ1) is 13.6. The Balaban J connectivity index is 2.47. The van der Waals surface area contributed by atoms with E-state index in [1.54, 1.807) is 31.2 Å². The quantitative estimate of drug-likeness (QED) is 0.793. The Kier molecular flexibility index (Phi) is 3.86. The lowest BCUT2D eigenvalue weighted by Gasteiger charge is -2.08. The third-order valence-corrected chi connectivity index (χ3v) is 3.10. The summed E-state index contributed by atoms with van der Waals surface area (Å²) >= 11 is 5.87. The Hall–Kier alpha value is -1.87. The van der Waals surface area contributed by atoms with Crippen molar-refractivity contribution in [3.8, 4) is 5.75 Å². The van der Waals surface area contributed by atoms with Crippen LogP contribution < -0.4 is 4.74 Å². The van der Waals surface area contributed by atoms with Gasteiger partial charge in [0, 0.05) is 16.7 Å². The molecule has 2 aromatic carbocycles. The van der Waals surface area contributed by atoms with Gasteiger partial charge in [0.15, 0.2) is 5.78 Å². The lowest BCUT2D eigenvalue weighted by Crippen LogP contribution is -2.06. The van der Waals surface area contributed by atoms with Crippen molar-refractivity contribution in [3.05, 3.63) is 63.9 Å². The Morgan fingerprint density at radius 2 is 1.89 bits per heavy atom. The first-order chi connectivity index (χ1) is 9.02. The molecule has 0 amide bonds. The van der Waals surface area contributed by atoms with E-state index in [0.717, 1.165) is 5.56 Å². The van der Waals surface area contributed by atoms with Gasteiger partial charge in [-0.05, 0) is 36.8 Å². The van der Waals surface area contributed by atoms with Crippen molar-refractivity contribution in [1.29, 1.82) is 0 Å². The molecule has 0 aliphatic heterocycles. The number of methoxy groups -OCH3 is 1. The summed E-state index contributed by atoms with van der Waals surface area (Å²) in [5.41, 5.74) is 1.16. The van der Waals surface area contributed by atoms with E-state index in [0.29, 0.717) is 16.3 Å². The Morgan fingerprint density at radius 3 is 2.53 bits per heavy atom. The minimum absolute atomic E-state index is 0.00571. The molecule has 0 saturated heterocycles. The van der Waals surface area contributed by atoms with Crippen LogP contribution >= 0.6 is 11.6 Å². The predicted molar refractivity (Wildman–Crippen MR) is 72.6 cm³/mol. The zero-order valence-corrected chi connectivity index (χ0v) is 11.3. The minimum atomic E-state index is -0.608. The van der Waals surface area contributed by atoms with Crippen LogP contribution in [0.15, 0.2) is 36.4 Å². The fraction of sp³-hybridized carbons (Fsp3) is 0.133. The molecule has 0 saturated carbocycles. The van der Waals surface area contributed by atoms with Gasteiger partial charge in [-0.1, -0.05) is 17.7 Å². The van der Waals surface area contributed by atoms with Gasteiger partial charge in [0.1, 0.15) is 11.6 Å². The van der Waals surface area contributed by atoms with Crippen LogP contribution in [0.1, 0.15) is 21.5 Å². The summed E-state index contributed by atoms with van der Waals surface area (Å²) < 4.78 is 18.8. The maximum atomic E-state index is 13.9. The van der Waals surface area contributed by atoms with Crippen molar-refractivity contribution in [2.24, 2.45) is 0 Å². The number of carbonyl (C=O) groups excluding carboxylic acids is 1. The van der Waals surface area contributed by atoms with E-state index in [4.69, 9.17) is 16.3 Å². The van der Waals surface area contributed by atoms with E-state index in [9.17, 15) is 9.18 Å². The molecule has 0 radical (unpaired) electrons. The number of ether oxygens (including phenoxy) is 1. The molecule has 19 heavy (non-hydrogen) atoms. The second-order valence-corrected chi connectivity index (χ2v) is 4.57. The molecule has 0 aliphatic rings. The summed E-state index contributed by atoms with van der Waals surface area (Å²) in [6.07, 6.45) is 0. The van der Waals surface area contributed by atoms with Crippen LogP contribution in [0.5, 0.6) is 5.75 Å². The van der Waals surface area contributed by atoms with Crippen molar-refractivity contribution in [2.75, 3.05) is 7.11 Å². The third-order valence-electron chi connectivity index (χ3n) is 2.87. The highest BCUT2D eigenvalue weighted by atomic mass is 35.5. The standard InChI is InChI=1S/C15H12ClFO2/c1-9-3-4-10(16)7-13(9)15(18)12-6-5-11(19-2)8-14(12)17/h3-8H,1-2H3. The monoisotopic (exact) mass is 278 g/mol. The van der Waals surface area contributed by atoms with E-state index in [2.05, 4.69) is 0 Å². The van der Waals surface area contributed by atoms with Crippen molar-refractivity contribution in [3.63, 3.8) is 0 Å². The lowest BCUT2D eigenvalue weighted by atomic mass is 9.99. The largest absolute Gasteiger partial charge is 0.497 e. The molecule has 2 nitrogen and oxygen atoms in total. The second-order valence-electron chi connectivity index (χ2n) is 4.13. The first-order valence-electron chi connectivity index (χ1n) is 5.67. The van der Waals surface area contributed by atoms with Gasteiger partial charge in [-0.2, -0.15) is 0 Å². The van der Waals surface area contributed by atoms with Crippen molar-refractivity contribution in [1.82, 2.24) is 0 Å². The fourth-order valence-corrected chi connectivity index (χ4v) is 1.96. The molecule has 0 atom stereocenters. The number of benzene rings is 2. The van der Waals surface area contributed by atoms with Crippen LogP contribution in [0.3, 0.4) is 0 Å². The minimum Gasteiger partial charge on any atom is -0.497 e. The number of aryl methyl sites for hydroxylation is 1. The smallest absolute Gasteiger partial charge is 0.196 e. The topological polar surface area (TPSA) is 26.3 Å². The summed E-state index contributed by atoms with van der Waals surface area (Å²) in [7, 11) is 1.44. The molecule has 0 spiro atoms. The summed E-state index contributed by atoms with van der Waals surface area (Å²) in [5, 5.41) is 0.447. The van der Waals surface area contributed by atoms with Gasteiger partial charge in [0.2, 0.25) is 0 Å². The molecular weight excluding hydrogens is 267 g/mol. The van der Waals surface area contributed by atoms with Gasteiger partial charge in [0.25, 0.3) is 0 Å². The first-order valence-corrected chi connectivity index (χ1v) is 6.05. The van der Waals surface area contributed by atoms with E-state index < -0.39 is 5.82 Å². The summed E-state index contributed by atoms with van der Waals surface area (Å²) in [5.74, 6) is -0.624. The average molecular weight is 279 g/mol.